The van der Waals surface area contributed by atoms with E-state index in [-0.39, 0.29) is 42.6 Å². The molecule has 0 aromatic heterocycles. The van der Waals surface area contributed by atoms with Crippen molar-refractivity contribution in [2.24, 2.45) is 23.7 Å². The molecule has 190 valence electrons. The molecule has 1 aromatic carbocycles. The Bertz CT molecular complexity index is 774. The van der Waals surface area contributed by atoms with E-state index in [1.807, 2.05) is 58.0 Å². The predicted octanol–water partition coefficient (Wildman–Crippen LogP) is 5.67. The first-order chi connectivity index (χ1) is 16.0. The number of nitrogens with one attached hydrogen (secondary N) is 2. The molecule has 6 nitrogen and oxygen atoms in total. The van der Waals surface area contributed by atoms with E-state index in [9.17, 15) is 14.4 Å². The lowest BCUT2D eigenvalue weighted by molar-refractivity contribution is -0.131. The highest BCUT2D eigenvalue weighted by Gasteiger charge is 2.29. The average Bonchev–Trinajstić information content (AvgIpc) is 2.76. The molecule has 0 saturated heterocycles. The quantitative estimate of drug-likeness (QED) is 0.322. The van der Waals surface area contributed by atoms with Crippen LogP contribution in [0.25, 0.3) is 0 Å². The van der Waals surface area contributed by atoms with Crippen LogP contribution in [0.1, 0.15) is 72.8 Å². The molecule has 1 rings (SSSR count). The Balaban J connectivity index is 2.84. The summed E-state index contributed by atoms with van der Waals surface area (Å²) in [6, 6.07) is 8.56. The summed E-state index contributed by atoms with van der Waals surface area (Å²) in [4.78, 5) is 38.7. The molecule has 1 unspecified atom stereocenters. The van der Waals surface area contributed by atoms with E-state index in [1.165, 1.54) is 0 Å². The van der Waals surface area contributed by atoms with Gasteiger partial charge in [-0.05, 0) is 42.6 Å². The number of rotatable bonds is 15. The number of Topliss-reactive ketones (excluding diaryl/α,β-unsaturated/α-hetero) is 1. The van der Waals surface area contributed by atoms with Gasteiger partial charge in [0.15, 0.2) is 5.78 Å². The van der Waals surface area contributed by atoms with Gasteiger partial charge in [-0.3, -0.25) is 9.59 Å². The number of hydrogen-bond donors (Lipinski definition) is 2. The van der Waals surface area contributed by atoms with Crippen LogP contribution in [-0.2, 0) is 20.9 Å². The Labute approximate surface area is 205 Å². The molecule has 3 atom stereocenters. The largest absolute Gasteiger partial charge is 0.445 e. The van der Waals surface area contributed by atoms with Crippen molar-refractivity contribution in [2.75, 3.05) is 0 Å². The fourth-order valence-corrected chi connectivity index (χ4v) is 3.91. The second kappa shape index (κ2) is 15.3. The van der Waals surface area contributed by atoms with Gasteiger partial charge in [0.25, 0.3) is 0 Å². The molecule has 2 amide bonds. The third-order valence-corrected chi connectivity index (χ3v) is 5.51. The molecule has 0 spiro atoms. The fraction of sp³-hybridized carbons (Fsp3) is 0.607. The third-order valence-electron chi connectivity index (χ3n) is 5.51. The van der Waals surface area contributed by atoms with E-state index in [0.717, 1.165) is 12.0 Å². The predicted molar refractivity (Wildman–Crippen MR) is 137 cm³/mol. The lowest BCUT2D eigenvalue weighted by Gasteiger charge is -2.25. The van der Waals surface area contributed by atoms with E-state index < -0.39 is 18.1 Å². The molecular weight excluding hydrogens is 428 g/mol. The van der Waals surface area contributed by atoms with Crippen molar-refractivity contribution in [2.45, 2.75) is 85.9 Å². The highest BCUT2D eigenvalue weighted by atomic mass is 16.5. The molecule has 0 bridgehead atoms. The zero-order valence-electron chi connectivity index (χ0n) is 21.8. The Hall–Kier alpha value is -2.63. The van der Waals surface area contributed by atoms with E-state index in [0.29, 0.717) is 18.8 Å². The summed E-state index contributed by atoms with van der Waals surface area (Å²) in [5, 5.41) is 5.78. The number of amides is 2. The van der Waals surface area contributed by atoms with Crippen LogP contribution in [0.15, 0.2) is 43.0 Å². The van der Waals surface area contributed by atoms with Crippen molar-refractivity contribution in [3.8, 4) is 0 Å². The van der Waals surface area contributed by atoms with Crippen LogP contribution in [0.4, 0.5) is 4.79 Å². The first-order valence-corrected chi connectivity index (χ1v) is 12.4. The summed E-state index contributed by atoms with van der Waals surface area (Å²) >= 11 is 0. The lowest BCUT2D eigenvalue weighted by Crippen LogP contribution is -2.45. The second-order valence-corrected chi connectivity index (χ2v) is 10.4. The van der Waals surface area contributed by atoms with Gasteiger partial charge in [-0.1, -0.05) is 78.0 Å². The maximum atomic E-state index is 13.2. The Morgan fingerprint density at radius 2 is 1.47 bits per heavy atom. The maximum absolute atomic E-state index is 13.2. The second-order valence-electron chi connectivity index (χ2n) is 10.4. The van der Waals surface area contributed by atoms with Gasteiger partial charge in [0, 0.05) is 18.4 Å². The molecule has 0 aliphatic rings. The Kier molecular flexibility index (Phi) is 13.2. The zero-order chi connectivity index (χ0) is 25.7. The van der Waals surface area contributed by atoms with Gasteiger partial charge in [-0.15, -0.1) is 6.58 Å². The molecule has 0 heterocycles. The van der Waals surface area contributed by atoms with Crippen molar-refractivity contribution < 1.29 is 19.1 Å². The Morgan fingerprint density at radius 3 is 2.00 bits per heavy atom. The van der Waals surface area contributed by atoms with Gasteiger partial charge in [0.2, 0.25) is 5.91 Å². The maximum Gasteiger partial charge on any atom is 0.408 e. The van der Waals surface area contributed by atoms with Crippen LogP contribution in [0.5, 0.6) is 0 Å². The number of hydrogen-bond acceptors (Lipinski definition) is 4. The van der Waals surface area contributed by atoms with E-state index >= 15 is 0 Å². The van der Waals surface area contributed by atoms with Crippen LogP contribution < -0.4 is 10.6 Å². The number of carbonyl (C=O) groups excluding carboxylic acids is 3. The van der Waals surface area contributed by atoms with Crippen molar-refractivity contribution in [3.05, 3.63) is 48.6 Å². The van der Waals surface area contributed by atoms with Crippen LogP contribution in [-0.4, -0.2) is 29.9 Å². The topological polar surface area (TPSA) is 84.5 Å². The van der Waals surface area contributed by atoms with Gasteiger partial charge in [0.05, 0.1) is 6.04 Å². The molecule has 1 aromatic rings. The molecule has 2 N–H and O–H groups in total. The summed E-state index contributed by atoms with van der Waals surface area (Å²) in [6.45, 7) is 16.2. The number of benzene rings is 1. The highest BCUT2D eigenvalue weighted by Crippen LogP contribution is 2.20. The molecule has 34 heavy (non-hydrogen) atoms. The molecule has 0 fully saturated rings. The van der Waals surface area contributed by atoms with Crippen LogP contribution >= 0.6 is 0 Å². The number of carbonyl (C=O) groups is 3. The fourth-order valence-electron chi connectivity index (χ4n) is 3.91. The number of alkyl carbamates (subject to hydrolysis) is 1. The Morgan fingerprint density at radius 1 is 0.882 bits per heavy atom. The van der Waals surface area contributed by atoms with Crippen molar-refractivity contribution in [3.63, 3.8) is 0 Å². The minimum absolute atomic E-state index is 0.0753. The van der Waals surface area contributed by atoms with Gasteiger partial charge >= 0.3 is 6.09 Å². The van der Waals surface area contributed by atoms with E-state index in [2.05, 4.69) is 31.1 Å². The third kappa shape index (κ3) is 12.0. The molecule has 0 radical (unpaired) electrons. The minimum Gasteiger partial charge on any atom is -0.445 e. The standard InChI is InChI=1S/C28H44N2O4/c1-8-24(15-20(4)5)29-27(32)23(14-19(2)3)17-26(31)25(16-21(6)7)30-28(33)34-18-22-12-10-9-11-13-22/h8-13,19-21,23-25H,1,14-18H2,2-7H3,(H,29,32)(H,30,33)/t23?,24-,25+/m1/s1. The first-order valence-electron chi connectivity index (χ1n) is 12.4. The normalized spacial score (nSPS) is 13.9. The first kappa shape index (κ1) is 29.4. The molecule has 0 aliphatic carbocycles. The average molecular weight is 473 g/mol. The lowest BCUT2D eigenvalue weighted by atomic mass is 9.87. The monoisotopic (exact) mass is 472 g/mol. The van der Waals surface area contributed by atoms with E-state index in [1.54, 1.807) is 6.08 Å². The minimum atomic E-state index is -0.698. The van der Waals surface area contributed by atoms with Crippen LogP contribution in [0.2, 0.25) is 0 Å². The van der Waals surface area contributed by atoms with Gasteiger partial charge < -0.3 is 15.4 Å². The highest BCUT2D eigenvalue weighted by molar-refractivity contribution is 5.91. The molecule has 0 saturated carbocycles. The SMILES string of the molecule is C=C[C@H](CC(C)C)NC(=O)C(CC(=O)[C@H](CC(C)C)NC(=O)OCc1ccccc1)CC(C)C. The smallest absolute Gasteiger partial charge is 0.408 e. The van der Waals surface area contributed by atoms with Gasteiger partial charge in [-0.2, -0.15) is 0 Å². The summed E-state index contributed by atoms with van der Waals surface area (Å²) in [5.74, 6) is 0.113. The van der Waals surface area contributed by atoms with Crippen molar-refractivity contribution >= 4 is 17.8 Å². The van der Waals surface area contributed by atoms with Gasteiger partial charge in [-0.25, -0.2) is 4.79 Å². The molecular formula is C28H44N2O4. The summed E-state index contributed by atoms with van der Waals surface area (Å²) < 4.78 is 5.32. The zero-order valence-corrected chi connectivity index (χ0v) is 21.8. The van der Waals surface area contributed by atoms with Crippen molar-refractivity contribution in [1.29, 1.82) is 0 Å². The van der Waals surface area contributed by atoms with Gasteiger partial charge in [0.1, 0.15) is 6.61 Å². The molecule has 0 aliphatic heterocycles. The van der Waals surface area contributed by atoms with Crippen LogP contribution in [0.3, 0.4) is 0 Å². The summed E-state index contributed by atoms with van der Waals surface area (Å²) in [6.07, 6.45) is 3.07. The number of ketones is 1. The summed E-state index contributed by atoms with van der Waals surface area (Å²) in [5.41, 5.74) is 0.872. The number of ether oxygens (including phenoxy) is 1. The van der Waals surface area contributed by atoms with Crippen molar-refractivity contribution in [1.82, 2.24) is 10.6 Å². The van der Waals surface area contributed by atoms with Crippen LogP contribution in [0, 0.1) is 23.7 Å². The molecule has 6 heteroatoms. The summed E-state index contributed by atoms with van der Waals surface area (Å²) in [7, 11) is 0. The van der Waals surface area contributed by atoms with E-state index in [4.69, 9.17) is 4.74 Å².